The first kappa shape index (κ1) is 11.0. The minimum atomic E-state index is -0.0194. The fourth-order valence-electron chi connectivity index (χ4n) is 2.04. The number of carbonyl (C=O) groups is 1. The van der Waals surface area contributed by atoms with Gasteiger partial charge in [-0.05, 0) is 36.6 Å². The zero-order valence-corrected chi connectivity index (χ0v) is 10.2. The van der Waals surface area contributed by atoms with E-state index >= 15 is 0 Å². The topological polar surface area (TPSA) is 29.1 Å². The Morgan fingerprint density at radius 2 is 2.40 bits per heavy atom. The summed E-state index contributed by atoms with van der Waals surface area (Å²) in [6.45, 7) is 2.23. The van der Waals surface area contributed by atoms with Crippen LogP contribution in [0.3, 0.4) is 0 Å². The van der Waals surface area contributed by atoms with Crippen LogP contribution in [0.2, 0.25) is 5.02 Å². The second kappa shape index (κ2) is 4.54. The van der Waals surface area contributed by atoms with Crippen molar-refractivity contribution in [2.75, 3.05) is 0 Å². The fraction of sp³-hybridized carbons (Fsp3) is 0.545. The number of amides is 1. The van der Waals surface area contributed by atoms with Crippen LogP contribution >= 0.6 is 22.9 Å². The van der Waals surface area contributed by atoms with Crippen LogP contribution < -0.4 is 5.32 Å². The highest BCUT2D eigenvalue weighted by Gasteiger charge is 2.24. The van der Waals surface area contributed by atoms with Crippen molar-refractivity contribution in [3.8, 4) is 0 Å². The molecule has 0 aliphatic heterocycles. The van der Waals surface area contributed by atoms with Crippen LogP contribution in [0.15, 0.2) is 11.4 Å². The third kappa shape index (κ3) is 2.52. The summed E-state index contributed by atoms with van der Waals surface area (Å²) in [4.78, 5) is 12.4. The van der Waals surface area contributed by atoms with Gasteiger partial charge in [0, 0.05) is 6.04 Å². The molecule has 1 aliphatic rings. The molecule has 15 heavy (non-hydrogen) atoms. The van der Waals surface area contributed by atoms with Crippen molar-refractivity contribution in [3.63, 3.8) is 0 Å². The quantitative estimate of drug-likeness (QED) is 0.848. The number of carbonyl (C=O) groups excluding carboxylic acids is 1. The van der Waals surface area contributed by atoms with Crippen LogP contribution in [-0.2, 0) is 0 Å². The first-order valence-corrected chi connectivity index (χ1v) is 6.46. The van der Waals surface area contributed by atoms with Crippen molar-refractivity contribution in [2.45, 2.75) is 32.2 Å². The maximum atomic E-state index is 11.8. The van der Waals surface area contributed by atoms with Gasteiger partial charge in [0.1, 0.15) is 4.88 Å². The van der Waals surface area contributed by atoms with Crippen LogP contribution in [0.25, 0.3) is 0 Å². The average molecular weight is 244 g/mol. The lowest BCUT2D eigenvalue weighted by Gasteiger charge is -2.11. The largest absolute Gasteiger partial charge is 0.349 e. The number of rotatable bonds is 2. The van der Waals surface area contributed by atoms with Gasteiger partial charge in [-0.1, -0.05) is 18.5 Å². The van der Waals surface area contributed by atoms with E-state index in [1.54, 1.807) is 6.07 Å². The molecule has 2 rings (SSSR count). The molecule has 1 N–H and O–H groups in total. The molecule has 0 saturated heterocycles. The zero-order chi connectivity index (χ0) is 10.8. The molecule has 2 nitrogen and oxygen atoms in total. The molecule has 82 valence electrons. The van der Waals surface area contributed by atoms with Gasteiger partial charge in [-0.15, -0.1) is 11.3 Å². The Bertz CT molecular complexity index is 363. The van der Waals surface area contributed by atoms with Gasteiger partial charge in [0.15, 0.2) is 0 Å². The van der Waals surface area contributed by atoms with Crippen LogP contribution in [-0.4, -0.2) is 11.9 Å². The van der Waals surface area contributed by atoms with E-state index in [4.69, 9.17) is 11.6 Å². The lowest BCUT2D eigenvalue weighted by molar-refractivity contribution is 0.0941. The minimum Gasteiger partial charge on any atom is -0.349 e. The summed E-state index contributed by atoms with van der Waals surface area (Å²) < 4.78 is 0. The van der Waals surface area contributed by atoms with Crippen molar-refractivity contribution < 1.29 is 4.79 Å². The first-order valence-electron chi connectivity index (χ1n) is 5.20. The lowest BCUT2D eigenvalue weighted by atomic mass is 10.1. The summed E-state index contributed by atoms with van der Waals surface area (Å²) in [5.74, 6) is 0.711. The third-order valence-electron chi connectivity index (χ3n) is 2.85. The van der Waals surface area contributed by atoms with Gasteiger partial charge in [0.25, 0.3) is 5.91 Å². The number of hydrogen-bond donors (Lipinski definition) is 1. The van der Waals surface area contributed by atoms with E-state index in [1.165, 1.54) is 17.8 Å². The Hall–Kier alpha value is -0.540. The second-order valence-corrected chi connectivity index (χ2v) is 5.51. The van der Waals surface area contributed by atoms with Crippen LogP contribution in [0, 0.1) is 5.92 Å². The summed E-state index contributed by atoms with van der Waals surface area (Å²) in [7, 11) is 0. The Balaban J connectivity index is 1.96. The maximum Gasteiger partial charge on any atom is 0.263 e. The molecular formula is C11H14ClNOS. The highest BCUT2D eigenvalue weighted by atomic mass is 35.5. The minimum absolute atomic E-state index is 0.0194. The summed E-state index contributed by atoms with van der Waals surface area (Å²) in [5, 5.41) is 5.44. The second-order valence-electron chi connectivity index (χ2n) is 4.19. The number of hydrogen-bond acceptors (Lipinski definition) is 2. The average Bonchev–Trinajstić information content (AvgIpc) is 2.75. The summed E-state index contributed by atoms with van der Waals surface area (Å²) >= 11 is 7.30. The Morgan fingerprint density at radius 1 is 1.60 bits per heavy atom. The van der Waals surface area contributed by atoms with Gasteiger partial charge in [-0.3, -0.25) is 4.79 Å². The van der Waals surface area contributed by atoms with E-state index in [0.717, 1.165) is 18.8 Å². The van der Waals surface area contributed by atoms with Gasteiger partial charge in [0.05, 0.1) is 5.02 Å². The number of nitrogens with one attached hydrogen (secondary N) is 1. The van der Waals surface area contributed by atoms with E-state index in [1.807, 2.05) is 5.38 Å². The SMILES string of the molecule is CC1CCC(NC(=O)c2sccc2Cl)C1. The monoisotopic (exact) mass is 243 g/mol. The Labute approximate surface area is 98.6 Å². The van der Waals surface area contributed by atoms with Crippen molar-refractivity contribution in [3.05, 3.63) is 21.3 Å². The van der Waals surface area contributed by atoms with E-state index in [2.05, 4.69) is 12.2 Å². The molecule has 1 aromatic rings. The summed E-state index contributed by atoms with van der Waals surface area (Å²) in [5.41, 5.74) is 0. The van der Waals surface area contributed by atoms with Crippen molar-refractivity contribution in [2.24, 2.45) is 5.92 Å². The predicted octanol–water partition coefficient (Wildman–Crippen LogP) is 3.32. The molecule has 4 heteroatoms. The van der Waals surface area contributed by atoms with E-state index in [-0.39, 0.29) is 5.91 Å². The standard InChI is InChI=1S/C11H14ClNOS/c1-7-2-3-8(6-7)13-11(14)10-9(12)4-5-15-10/h4-5,7-8H,2-3,6H2,1H3,(H,13,14). The lowest BCUT2D eigenvalue weighted by Crippen LogP contribution is -2.32. The Morgan fingerprint density at radius 3 is 2.93 bits per heavy atom. The molecule has 0 bridgehead atoms. The van der Waals surface area contributed by atoms with Gasteiger partial charge < -0.3 is 5.32 Å². The third-order valence-corrected chi connectivity index (χ3v) is 4.19. The molecule has 1 aromatic heterocycles. The molecule has 0 radical (unpaired) electrons. The van der Waals surface area contributed by atoms with E-state index in [0.29, 0.717) is 15.9 Å². The zero-order valence-electron chi connectivity index (χ0n) is 8.63. The van der Waals surface area contributed by atoms with Gasteiger partial charge in [0.2, 0.25) is 0 Å². The van der Waals surface area contributed by atoms with Gasteiger partial charge in [-0.25, -0.2) is 0 Å². The van der Waals surface area contributed by atoms with Crippen LogP contribution in [0.4, 0.5) is 0 Å². The molecular weight excluding hydrogens is 230 g/mol. The summed E-state index contributed by atoms with van der Waals surface area (Å²) in [6.07, 6.45) is 3.40. The molecule has 1 fully saturated rings. The Kier molecular flexibility index (Phi) is 3.32. The van der Waals surface area contributed by atoms with Crippen molar-refractivity contribution in [1.29, 1.82) is 0 Å². The summed E-state index contributed by atoms with van der Waals surface area (Å²) in [6, 6.07) is 2.10. The maximum absolute atomic E-state index is 11.8. The van der Waals surface area contributed by atoms with Crippen LogP contribution in [0.1, 0.15) is 35.9 Å². The molecule has 1 heterocycles. The fourth-order valence-corrected chi connectivity index (χ4v) is 3.09. The van der Waals surface area contributed by atoms with Crippen molar-refractivity contribution >= 4 is 28.8 Å². The highest BCUT2D eigenvalue weighted by molar-refractivity contribution is 7.12. The molecule has 1 amide bonds. The number of thiophene rings is 1. The molecule has 1 saturated carbocycles. The smallest absolute Gasteiger partial charge is 0.263 e. The molecule has 0 aromatic carbocycles. The molecule has 2 atom stereocenters. The van der Waals surface area contributed by atoms with Crippen molar-refractivity contribution in [1.82, 2.24) is 5.32 Å². The highest BCUT2D eigenvalue weighted by Crippen LogP contribution is 2.26. The van der Waals surface area contributed by atoms with E-state index < -0.39 is 0 Å². The predicted molar refractivity (Wildman–Crippen MR) is 63.6 cm³/mol. The first-order chi connectivity index (χ1) is 7.16. The molecule has 2 unspecified atom stereocenters. The van der Waals surface area contributed by atoms with Gasteiger partial charge >= 0.3 is 0 Å². The van der Waals surface area contributed by atoms with Crippen LogP contribution in [0.5, 0.6) is 0 Å². The number of halogens is 1. The molecule has 0 spiro atoms. The van der Waals surface area contributed by atoms with E-state index in [9.17, 15) is 4.79 Å². The molecule has 1 aliphatic carbocycles. The van der Waals surface area contributed by atoms with Gasteiger partial charge in [-0.2, -0.15) is 0 Å². The normalized spacial score (nSPS) is 25.5.